The fourth-order valence-corrected chi connectivity index (χ4v) is 7.60. The molecule has 0 unspecified atom stereocenters. The van der Waals surface area contributed by atoms with Crippen LogP contribution in [-0.4, -0.2) is 29.3 Å². The van der Waals surface area contributed by atoms with Crippen molar-refractivity contribution >= 4 is 127 Å². The molecular formula is C36H25Br3Cl4N6O3. The molecule has 0 aliphatic carbocycles. The van der Waals surface area contributed by atoms with Gasteiger partial charge in [0, 0.05) is 51.7 Å². The molecule has 3 N–H and O–H groups in total. The summed E-state index contributed by atoms with van der Waals surface area (Å²) in [6.45, 7) is 0.845. The Labute approximate surface area is 340 Å². The first-order valence-electron chi connectivity index (χ1n) is 15.3. The third kappa shape index (κ3) is 8.18. The highest BCUT2D eigenvalue weighted by Gasteiger charge is 2.15. The van der Waals surface area contributed by atoms with Crippen LogP contribution in [0, 0.1) is 0 Å². The Bertz CT molecular complexity index is 2740. The summed E-state index contributed by atoms with van der Waals surface area (Å²) >= 11 is 34.9. The van der Waals surface area contributed by atoms with Crippen LogP contribution in [0.1, 0.15) is 11.1 Å². The van der Waals surface area contributed by atoms with Gasteiger partial charge in [-0.1, -0.05) is 106 Å². The summed E-state index contributed by atoms with van der Waals surface area (Å²) in [5.41, 5.74) is 3.80. The molecule has 5 aromatic carbocycles. The van der Waals surface area contributed by atoms with Gasteiger partial charge in [-0.05, 0) is 78.9 Å². The largest absolute Gasteiger partial charge is 0.297 e. The van der Waals surface area contributed by atoms with E-state index < -0.39 is 0 Å². The van der Waals surface area contributed by atoms with Gasteiger partial charge in [0.15, 0.2) is 0 Å². The maximum atomic E-state index is 12.3. The molecule has 0 atom stereocenters. The van der Waals surface area contributed by atoms with E-state index in [0.717, 1.165) is 41.1 Å². The zero-order valence-electron chi connectivity index (χ0n) is 26.8. The summed E-state index contributed by atoms with van der Waals surface area (Å²) in [5.74, 6) is 0. The Hall–Kier alpha value is -3.49. The van der Waals surface area contributed by atoms with Gasteiger partial charge in [-0.3, -0.25) is 43.7 Å². The van der Waals surface area contributed by atoms with Gasteiger partial charge in [-0.15, -0.1) is 0 Å². The lowest BCUT2D eigenvalue weighted by atomic mass is 10.2. The standard InChI is InChI=1S/C15H11BrCl2N2O.C14H9BrCl2N2O.C7H5BrN2O/c1-19-15(21)10-6-5-9(16)7-14(10)20(19)8-11-12(17)3-2-4-13(11)18;15-8-4-5-9-13(6-8)19(18-14(9)20)7-10-11(16)2-1-3-12(10)17;8-4-1-2-5-6(3-4)9-10-7(5)11/h2-7H,8H2,1H3;1-6H,7H2,(H,18,20);1-3H,(H2,9,10,11). The fraction of sp³-hybridized carbons (Fsp3) is 0.0833. The first-order valence-corrected chi connectivity index (χ1v) is 19.2. The lowest BCUT2D eigenvalue weighted by molar-refractivity contribution is 0.554. The number of halogens is 7. The Morgan fingerprint density at radius 2 is 1.08 bits per heavy atom. The van der Waals surface area contributed by atoms with Gasteiger partial charge >= 0.3 is 0 Å². The summed E-state index contributed by atoms with van der Waals surface area (Å²) in [5, 5.41) is 12.4. The molecule has 0 spiro atoms. The number of hydrogen-bond acceptors (Lipinski definition) is 3. The highest BCUT2D eigenvalue weighted by Crippen LogP contribution is 2.28. The van der Waals surface area contributed by atoms with E-state index in [1.54, 1.807) is 64.9 Å². The van der Waals surface area contributed by atoms with E-state index in [1.807, 2.05) is 47.1 Å². The molecule has 0 amide bonds. The molecule has 0 aliphatic heterocycles. The molecular weight excluding hydrogens is 946 g/mol. The van der Waals surface area contributed by atoms with Crippen molar-refractivity contribution in [2.45, 2.75) is 13.1 Å². The molecule has 0 saturated carbocycles. The smallest absolute Gasteiger partial charge is 0.274 e. The molecule has 16 heteroatoms. The number of nitrogens with one attached hydrogen (secondary N) is 3. The van der Waals surface area contributed by atoms with Crippen LogP contribution >= 0.6 is 94.2 Å². The van der Waals surface area contributed by atoms with Crippen LogP contribution in [0.5, 0.6) is 0 Å². The number of benzene rings is 5. The molecule has 0 fully saturated rings. The SMILES string of the molecule is Cn1c(=O)c2ccc(Br)cc2n1Cc1c(Cl)cccc1Cl.O=c1[nH][nH]c2cc(Br)ccc12.O=c1[nH]n(Cc2c(Cl)cccc2Cl)c2cc(Br)ccc12. The quantitative estimate of drug-likeness (QED) is 0.163. The highest BCUT2D eigenvalue weighted by molar-refractivity contribution is 9.11. The van der Waals surface area contributed by atoms with Gasteiger partial charge in [-0.25, -0.2) is 0 Å². The maximum Gasteiger partial charge on any atom is 0.274 e. The third-order valence-electron chi connectivity index (χ3n) is 8.14. The summed E-state index contributed by atoms with van der Waals surface area (Å²) < 4.78 is 7.98. The van der Waals surface area contributed by atoms with Gasteiger partial charge in [0.1, 0.15) is 0 Å². The monoisotopic (exact) mass is 966 g/mol. The summed E-state index contributed by atoms with van der Waals surface area (Å²) in [6.07, 6.45) is 0. The molecule has 0 aliphatic rings. The molecule has 52 heavy (non-hydrogen) atoms. The first-order chi connectivity index (χ1) is 24.8. The molecule has 0 radical (unpaired) electrons. The summed E-state index contributed by atoms with van der Waals surface area (Å²) in [6, 6.07) is 27.3. The number of aromatic amines is 3. The van der Waals surface area contributed by atoms with Crippen molar-refractivity contribution in [1.29, 1.82) is 0 Å². The van der Waals surface area contributed by atoms with Crippen LogP contribution in [-0.2, 0) is 20.1 Å². The van der Waals surface area contributed by atoms with E-state index in [2.05, 4.69) is 63.1 Å². The van der Waals surface area contributed by atoms with Crippen LogP contribution in [0.2, 0.25) is 20.1 Å². The number of H-pyrrole nitrogens is 3. The van der Waals surface area contributed by atoms with E-state index in [-0.39, 0.29) is 16.7 Å². The normalized spacial score (nSPS) is 11.1. The number of aromatic nitrogens is 6. The maximum absolute atomic E-state index is 12.3. The zero-order valence-corrected chi connectivity index (χ0v) is 34.6. The average Bonchev–Trinajstić information content (AvgIpc) is 3.70. The van der Waals surface area contributed by atoms with Gasteiger partial charge in [0.2, 0.25) is 0 Å². The molecule has 0 saturated heterocycles. The molecule has 8 rings (SSSR count). The lowest BCUT2D eigenvalue weighted by Crippen LogP contribution is -2.19. The van der Waals surface area contributed by atoms with Crippen LogP contribution in [0.15, 0.2) is 119 Å². The predicted molar refractivity (Wildman–Crippen MR) is 223 cm³/mol. The molecule has 9 nitrogen and oxygen atoms in total. The third-order valence-corrected chi connectivity index (χ3v) is 11.0. The Kier molecular flexibility index (Phi) is 12.0. The number of nitrogens with zero attached hydrogens (tertiary/aromatic N) is 3. The Morgan fingerprint density at radius 1 is 0.577 bits per heavy atom. The predicted octanol–water partition coefficient (Wildman–Crippen LogP) is 10.5. The average molecular weight is 971 g/mol. The minimum Gasteiger partial charge on any atom is -0.297 e. The van der Waals surface area contributed by atoms with Crippen LogP contribution in [0.4, 0.5) is 0 Å². The van der Waals surface area contributed by atoms with Gasteiger partial charge in [0.25, 0.3) is 16.7 Å². The number of rotatable bonds is 4. The lowest BCUT2D eigenvalue weighted by Gasteiger charge is -2.12. The topological polar surface area (TPSA) is 113 Å². The van der Waals surface area contributed by atoms with Crippen molar-refractivity contribution < 1.29 is 0 Å². The molecule has 3 aromatic heterocycles. The number of fused-ring (bicyclic) bond motifs is 3. The zero-order chi connectivity index (χ0) is 37.3. The van der Waals surface area contributed by atoms with Crippen molar-refractivity contribution in [3.8, 4) is 0 Å². The van der Waals surface area contributed by atoms with Crippen LogP contribution < -0.4 is 16.7 Å². The molecule has 0 bridgehead atoms. The number of hydrogen-bond donors (Lipinski definition) is 3. The minimum atomic E-state index is -0.129. The van der Waals surface area contributed by atoms with E-state index in [1.165, 1.54) is 0 Å². The van der Waals surface area contributed by atoms with Crippen molar-refractivity contribution in [3.05, 3.63) is 167 Å². The second-order valence-corrected chi connectivity index (χ2v) is 15.8. The summed E-state index contributed by atoms with van der Waals surface area (Å²) in [7, 11) is 1.74. The van der Waals surface area contributed by atoms with Crippen molar-refractivity contribution in [2.75, 3.05) is 0 Å². The van der Waals surface area contributed by atoms with Crippen molar-refractivity contribution in [3.63, 3.8) is 0 Å². The van der Waals surface area contributed by atoms with Gasteiger partial charge in [-0.2, -0.15) is 0 Å². The summed E-state index contributed by atoms with van der Waals surface area (Å²) in [4.78, 5) is 35.2. The second kappa shape index (κ2) is 16.3. The Balaban J connectivity index is 0.000000140. The molecule has 3 heterocycles. The first kappa shape index (κ1) is 38.2. The van der Waals surface area contributed by atoms with Gasteiger partial charge < -0.3 is 0 Å². The fourth-order valence-electron chi connectivity index (χ4n) is 5.51. The van der Waals surface area contributed by atoms with Gasteiger partial charge in [0.05, 0.1) is 45.8 Å². The van der Waals surface area contributed by atoms with E-state index in [9.17, 15) is 14.4 Å². The van der Waals surface area contributed by atoms with E-state index in [4.69, 9.17) is 46.4 Å². The van der Waals surface area contributed by atoms with Crippen molar-refractivity contribution in [1.82, 2.24) is 29.3 Å². The van der Waals surface area contributed by atoms with Crippen LogP contribution in [0.25, 0.3) is 32.7 Å². The van der Waals surface area contributed by atoms with E-state index in [0.29, 0.717) is 49.3 Å². The molecule has 8 aromatic rings. The van der Waals surface area contributed by atoms with E-state index >= 15 is 0 Å². The minimum absolute atomic E-state index is 0.0410. The second-order valence-electron chi connectivity index (χ2n) is 11.4. The Morgan fingerprint density at radius 3 is 1.67 bits per heavy atom. The highest BCUT2D eigenvalue weighted by atomic mass is 79.9. The molecule has 266 valence electrons. The van der Waals surface area contributed by atoms with Crippen molar-refractivity contribution in [2.24, 2.45) is 7.05 Å². The van der Waals surface area contributed by atoms with Crippen LogP contribution in [0.3, 0.4) is 0 Å².